The molecular weight excluding hydrogens is 398 g/mol. The van der Waals surface area contributed by atoms with Crippen LogP contribution in [0.1, 0.15) is 11.3 Å². The summed E-state index contributed by atoms with van der Waals surface area (Å²) in [6.45, 7) is 0.378. The van der Waals surface area contributed by atoms with Crippen molar-refractivity contribution in [3.63, 3.8) is 0 Å². The van der Waals surface area contributed by atoms with Gasteiger partial charge in [-0.2, -0.15) is 5.26 Å². The maximum atomic E-state index is 12.3. The minimum Gasteiger partial charge on any atom is -0.497 e. The number of amides is 1. The largest absolute Gasteiger partial charge is 0.497 e. The maximum absolute atomic E-state index is 12.3. The standard InChI is InChI=1S/C23H19N3O5/c1-30-18-7-9-20(21(14-18)26(28)29)22-10-8-19(31-22)13-17(15-24)23(27)25-12-11-16-5-3-2-4-6-16/h2-10,13-14H,11-12H2,1H3,(H,25,27)/b17-13+. The molecular formula is C23H19N3O5. The predicted octanol–water partition coefficient (Wildman–Crippen LogP) is 4.13. The molecule has 0 saturated carbocycles. The smallest absolute Gasteiger partial charge is 0.284 e. The number of methoxy groups -OCH3 is 1. The third-order valence-corrected chi connectivity index (χ3v) is 4.49. The fraction of sp³-hybridized carbons (Fsp3) is 0.130. The second-order valence-electron chi connectivity index (χ2n) is 6.50. The highest BCUT2D eigenvalue weighted by Gasteiger charge is 2.19. The summed E-state index contributed by atoms with van der Waals surface area (Å²) in [4.78, 5) is 23.2. The topological polar surface area (TPSA) is 118 Å². The molecule has 8 heteroatoms. The first kappa shape index (κ1) is 21.3. The third-order valence-electron chi connectivity index (χ3n) is 4.49. The van der Waals surface area contributed by atoms with Gasteiger partial charge in [-0.15, -0.1) is 0 Å². The van der Waals surface area contributed by atoms with Crippen LogP contribution in [0.5, 0.6) is 5.75 Å². The number of ether oxygens (including phenoxy) is 1. The molecule has 156 valence electrons. The lowest BCUT2D eigenvalue weighted by Crippen LogP contribution is -2.26. The van der Waals surface area contributed by atoms with Gasteiger partial charge in [0, 0.05) is 12.6 Å². The summed E-state index contributed by atoms with van der Waals surface area (Å²) in [5, 5.41) is 23.4. The highest BCUT2D eigenvalue weighted by atomic mass is 16.6. The first-order valence-corrected chi connectivity index (χ1v) is 9.38. The molecule has 1 heterocycles. The van der Waals surface area contributed by atoms with Crippen LogP contribution in [0.15, 0.2) is 70.7 Å². The highest BCUT2D eigenvalue weighted by molar-refractivity contribution is 6.01. The van der Waals surface area contributed by atoms with Crippen LogP contribution in [0, 0.1) is 21.4 Å². The average molecular weight is 417 g/mol. The SMILES string of the molecule is COc1ccc(-c2ccc(/C=C(\C#N)C(=O)NCCc3ccccc3)o2)c([N+](=O)[O-])c1. The summed E-state index contributed by atoms with van der Waals surface area (Å²) in [6.07, 6.45) is 1.94. The van der Waals surface area contributed by atoms with E-state index in [1.807, 2.05) is 36.4 Å². The molecule has 0 aliphatic rings. The number of rotatable bonds is 8. The molecule has 1 N–H and O–H groups in total. The van der Waals surface area contributed by atoms with E-state index >= 15 is 0 Å². The van der Waals surface area contributed by atoms with Crippen molar-refractivity contribution < 1.29 is 18.9 Å². The Balaban J connectivity index is 1.74. The second kappa shape index (κ2) is 9.89. The van der Waals surface area contributed by atoms with Crippen molar-refractivity contribution >= 4 is 17.7 Å². The van der Waals surface area contributed by atoms with Gasteiger partial charge in [0.25, 0.3) is 11.6 Å². The number of nitriles is 1. The molecule has 0 saturated heterocycles. The fourth-order valence-corrected chi connectivity index (χ4v) is 2.92. The molecule has 0 spiro atoms. The van der Waals surface area contributed by atoms with Gasteiger partial charge in [-0.3, -0.25) is 14.9 Å². The van der Waals surface area contributed by atoms with E-state index in [0.29, 0.717) is 18.7 Å². The zero-order chi connectivity index (χ0) is 22.2. The summed E-state index contributed by atoms with van der Waals surface area (Å²) in [5.41, 5.74) is 1.03. The van der Waals surface area contributed by atoms with Crippen LogP contribution >= 0.6 is 0 Å². The van der Waals surface area contributed by atoms with Gasteiger partial charge in [0.05, 0.1) is 23.7 Å². The summed E-state index contributed by atoms with van der Waals surface area (Å²) < 4.78 is 10.7. The minimum atomic E-state index is -0.531. The van der Waals surface area contributed by atoms with Gasteiger partial charge in [-0.05, 0) is 36.2 Å². The Morgan fingerprint density at radius 2 is 2.00 bits per heavy atom. The quantitative estimate of drug-likeness (QED) is 0.255. The first-order valence-electron chi connectivity index (χ1n) is 9.38. The van der Waals surface area contributed by atoms with Gasteiger partial charge in [-0.1, -0.05) is 30.3 Å². The second-order valence-corrected chi connectivity index (χ2v) is 6.50. The Bertz CT molecular complexity index is 1160. The van der Waals surface area contributed by atoms with Crippen LogP contribution in [0.3, 0.4) is 0 Å². The van der Waals surface area contributed by atoms with Crippen LogP contribution in [0.2, 0.25) is 0 Å². The number of benzene rings is 2. The molecule has 0 aliphatic carbocycles. The Morgan fingerprint density at radius 1 is 1.23 bits per heavy atom. The number of hydrogen-bond donors (Lipinski definition) is 1. The van der Waals surface area contributed by atoms with Crippen LogP contribution < -0.4 is 10.1 Å². The Morgan fingerprint density at radius 3 is 2.68 bits per heavy atom. The van der Waals surface area contributed by atoms with Gasteiger partial charge in [0.1, 0.15) is 28.9 Å². The Hall–Kier alpha value is -4.38. The van der Waals surface area contributed by atoms with Crippen LogP contribution in [0.25, 0.3) is 17.4 Å². The summed E-state index contributed by atoms with van der Waals surface area (Å²) in [6, 6.07) is 19.0. The molecule has 0 aliphatic heterocycles. The zero-order valence-corrected chi connectivity index (χ0v) is 16.7. The summed E-state index contributed by atoms with van der Waals surface area (Å²) in [5.74, 6) is 0.296. The number of furan rings is 1. The third kappa shape index (κ3) is 5.36. The number of nitro groups is 1. The Kier molecular flexibility index (Phi) is 6.81. The molecule has 0 atom stereocenters. The Labute approximate surface area is 178 Å². The van der Waals surface area contributed by atoms with E-state index in [2.05, 4.69) is 5.32 Å². The van der Waals surface area contributed by atoms with E-state index in [0.717, 1.165) is 5.56 Å². The molecule has 0 radical (unpaired) electrons. The number of carbonyl (C=O) groups is 1. The number of nitro benzene ring substituents is 1. The fourth-order valence-electron chi connectivity index (χ4n) is 2.92. The summed E-state index contributed by atoms with van der Waals surface area (Å²) in [7, 11) is 1.42. The number of carbonyl (C=O) groups excluding carboxylic acids is 1. The molecule has 1 amide bonds. The van der Waals surface area contributed by atoms with E-state index in [1.54, 1.807) is 12.1 Å². The van der Waals surface area contributed by atoms with E-state index in [1.165, 1.54) is 31.4 Å². The minimum absolute atomic E-state index is 0.127. The molecule has 1 aromatic heterocycles. The maximum Gasteiger partial charge on any atom is 0.284 e. The van der Waals surface area contributed by atoms with Crippen molar-refractivity contribution in [3.8, 4) is 23.1 Å². The van der Waals surface area contributed by atoms with Gasteiger partial charge in [-0.25, -0.2) is 0 Å². The molecule has 8 nitrogen and oxygen atoms in total. The van der Waals surface area contributed by atoms with E-state index in [-0.39, 0.29) is 28.3 Å². The van der Waals surface area contributed by atoms with Crippen molar-refractivity contribution in [3.05, 3.63) is 87.7 Å². The lowest BCUT2D eigenvalue weighted by atomic mass is 10.1. The van der Waals surface area contributed by atoms with Gasteiger partial charge in [0.2, 0.25) is 0 Å². The highest BCUT2D eigenvalue weighted by Crippen LogP contribution is 2.34. The molecule has 3 rings (SSSR count). The van der Waals surface area contributed by atoms with Gasteiger partial charge < -0.3 is 14.5 Å². The van der Waals surface area contributed by atoms with E-state index < -0.39 is 10.8 Å². The van der Waals surface area contributed by atoms with Crippen LogP contribution in [-0.4, -0.2) is 24.5 Å². The number of nitrogens with zero attached hydrogens (tertiary/aromatic N) is 2. The molecule has 31 heavy (non-hydrogen) atoms. The summed E-state index contributed by atoms with van der Waals surface area (Å²) >= 11 is 0. The number of nitrogens with one attached hydrogen (secondary N) is 1. The monoisotopic (exact) mass is 417 g/mol. The average Bonchev–Trinajstić information content (AvgIpc) is 3.26. The molecule has 0 unspecified atom stereocenters. The van der Waals surface area contributed by atoms with Crippen molar-refractivity contribution in [2.24, 2.45) is 0 Å². The lowest BCUT2D eigenvalue weighted by molar-refractivity contribution is -0.384. The van der Waals surface area contributed by atoms with Gasteiger partial charge >= 0.3 is 0 Å². The number of hydrogen-bond acceptors (Lipinski definition) is 6. The molecule has 3 aromatic rings. The van der Waals surface area contributed by atoms with Crippen molar-refractivity contribution in [1.29, 1.82) is 5.26 Å². The normalized spacial score (nSPS) is 10.9. The van der Waals surface area contributed by atoms with Gasteiger partial charge in [0.15, 0.2) is 0 Å². The van der Waals surface area contributed by atoms with Crippen LogP contribution in [0.4, 0.5) is 5.69 Å². The predicted molar refractivity (Wildman–Crippen MR) is 114 cm³/mol. The first-order chi connectivity index (χ1) is 15.0. The van der Waals surface area contributed by atoms with Crippen molar-refractivity contribution in [1.82, 2.24) is 5.32 Å². The van der Waals surface area contributed by atoms with E-state index in [9.17, 15) is 20.2 Å². The molecule has 2 aromatic carbocycles. The van der Waals surface area contributed by atoms with Crippen molar-refractivity contribution in [2.45, 2.75) is 6.42 Å². The van der Waals surface area contributed by atoms with Crippen LogP contribution in [-0.2, 0) is 11.2 Å². The van der Waals surface area contributed by atoms with Crippen molar-refractivity contribution in [2.75, 3.05) is 13.7 Å². The molecule has 0 bridgehead atoms. The lowest BCUT2D eigenvalue weighted by Gasteiger charge is -2.04. The van der Waals surface area contributed by atoms with E-state index in [4.69, 9.17) is 9.15 Å². The zero-order valence-electron chi connectivity index (χ0n) is 16.7. The molecule has 0 fully saturated rings.